The molecule has 2 heteroatoms. The van der Waals surface area contributed by atoms with Gasteiger partial charge in [0, 0.05) is 6.20 Å². The number of allylic oxidation sites excluding steroid dienone is 1. The number of rotatable bonds is 0. The van der Waals surface area contributed by atoms with Crippen molar-refractivity contribution in [2.24, 2.45) is 5.41 Å². The molecule has 0 fully saturated rings. The zero-order chi connectivity index (χ0) is 9.31. The van der Waals surface area contributed by atoms with Crippen LogP contribution in [0.2, 0.25) is 0 Å². The Morgan fingerprint density at radius 1 is 1.62 bits per heavy atom. The largest absolute Gasteiger partial charge is 0.257 e. The summed E-state index contributed by atoms with van der Waals surface area (Å²) in [5.74, 6) is 0. The van der Waals surface area contributed by atoms with Crippen molar-refractivity contribution >= 4 is 6.08 Å². The van der Waals surface area contributed by atoms with Crippen LogP contribution in [0.15, 0.2) is 24.4 Å². The second-order valence-corrected chi connectivity index (χ2v) is 3.59. The van der Waals surface area contributed by atoms with Crippen molar-refractivity contribution in [1.29, 1.82) is 5.26 Å². The normalized spacial score (nSPS) is 24.9. The summed E-state index contributed by atoms with van der Waals surface area (Å²) in [7, 11) is 0. The Bertz CT molecular complexity index is 401. The molecule has 1 heterocycles. The lowest BCUT2D eigenvalue weighted by molar-refractivity contribution is 0.558. The first-order chi connectivity index (χ1) is 6.23. The molecule has 0 saturated heterocycles. The molecule has 64 valence electrons. The minimum atomic E-state index is -0.351. The quantitative estimate of drug-likeness (QED) is 0.598. The van der Waals surface area contributed by atoms with E-state index in [2.05, 4.69) is 11.1 Å². The molecular formula is C11H10N2. The predicted molar refractivity (Wildman–Crippen MR) is 50.7 cm³/mol. The fourth-order valence-corrected chi connectivity index (χ4v) is 1.54. The minimum Gasteiger partial charge on any atom is -0.257 e. The maximum absolute atomic E-state index is 8.95. The summed E-state index contributed by atoms with van der Waals surface area (Å²) >= 11 is 0. The van der Waals surface area contributed by atoms with E-state index in [1.165, 1.54) is 0 Å². The van der Waals surface area contributed by atoms with Crippen LogP contribution >= 0.6 is 0 Å². The molecule has 0 radical (unpaired) electrons. The van der Waals surface area contributed by atoms with Gasteiger partial charge in [0.15, 0.2) is 0 Å². The van der Waals surface area contributed by atoms with Crippen LogP contribution in [0, 0.1) is 16.7 Å². The van der Waals surface area contributed by atoms with Crippen LogP contribution in [-0.4, -0.2) is 4.98 Å². The topological polar surface area (TPSA) is 36.7 Å². The fraction of sp³-hybridized carbons (Fsp3) is 0.273. The van der Waals surface area contributed by atoms with Gasteiger partial charge >= 0.3 is 0 Å². The van der Waals surface area contributed by atoms with Crippen LogP contribution in [0.5, 0.6) is 0 Å². The van der Waals surface area contributed by atoms with Crippen molar-refractivity contribution in [3.8, 4) is 6.07 Å². The number of nitriles is 1. The summed E-state index contributed by atoms with van der Waals surface area (Å²) in [6.45, 7) is 1.94. The highest BCUT2D eigenvalue weighted by Crippen LogP contribution is 2.30. The number of hydrogen-bond donors (Lipinski definition) is 0. The Morgan fingerprint density at radius 2 is 2.46 bits per heavy atom. The third kappa shape index (κ3) is 1.33. The first-order valence-electron chi connectivity index (χ1n) is 4.28. The number of nitrogens with zero attached hydrogens (tertiary/aromatic N) is 2. The molecule has 1 aliphatic carbocycles. The molecule has 0 amide bonds. The van der Waals surface area contributed by atoms with Crippen molar-refractivity contribution in [2.75, 3.05) is 0 Å². The molecule has 0 bridgehead atoms. The Balaban J connectivity index is 2.46. The summed E-state index contributed by atoms with van der Waals surface area (Å²) in [5.41, 5.74) is 1.81. The molecule has 1 atom stereocenters. The number of hydrogen-bond acceptors (Lipinski definition) is 2. The SMILES string of the molecule is CC1(C#N)C=Cc2ncccc2C1. The molecular weight excluding hydrogens is 160 g/mol. The second kappa shape index (κ2) is 2.70. The molecule has 2 nitrogen and oxygen atoms in total. The monoisotopic (exact) mass is 170 g/mol. The van der Waals surface area contributed by atoms with Gasteiger partial charge in [0.2, 0.25) is 0 Å². The Hall–Kier alpha value is -1.62. The van der Waals surface area contributed by atoms with E-state index in [1.807, 2.05) is 31.2 Å². The van der Waals surface area contributed by atoms with Gasteiger partial charge in [0.1, 0.15) is 0 Å². The van der Waals surface area contributed by atoms with E-state index in [-0.39, 0.29) is 5.41 Å². The lowest BCUT2D eigenvalue weighted by atomic mass is 9.81. The van der Waals surface area contributed by atoms with Crippen molar-refractivity contribution in [3.05, 3.63) is 35.7 Å². The van der Waals surface area contributed by atoms with E-state index in [0.717, 1.165) is 17.7 Å². The van der Waals surface area contributed by atoms with E-state index in [0.29, 0.717) is 0 Å². The van der Waals surface area contributed by atoms with Crippen LogP contribution in [0.25, 0.3) is 6.08 Å². The van der Waals surface area contributed by atoms with Gasteiger partial charge in [0.05, 0.1) is 17.2 Å². The molecule has 0 spiro atoms. The Labute approximate surface area is 77.5 Å². The van der Waals surface area contributed by atoms with Crippen LogP contribution in [0.3, 0.4) is 0 Å². The maximum Gasteiger partial charge on any atom is 0.0770 e. The van der Waals surface area contributed by atoms with Gasteiger partial charge in [-0.25, -0.2) is 0 Å². The van der Waals surface area contributed by atoms with Gasteiger partial charge in [-0.3, -0.25) is 4.98 Å². The maximum atomic E-state index is 8.95. The van der Waals surface area contributed by atoms with Crippen molar-refractivity contribution in [2.45, 2.75) is 13.3 Å². The zero-order valence-corrected chi connectivity index (χ0v) is 7.49. The van der Waals surface area contributed by atoms with Crippen LogP contribution in [0.4, 0.5) is 0 Å². The highest BCUT2D eigenvalue weighted by molar-refractivity contribution is 5.55. The van der Waals surface area contributed by atoms with Gasteiger partial charge in [-0.2, -0.15) is 5.26 Å². The van der Waals surface area contributed by atoms with E-state index in [9.17, 15) is 0 Å². The molecule has 1 aromatic rings. The molecule has 0 aliphatic heterocycles. The van der Waals surface area contributed by atoms with Crippen molar-refractivity contribution < 1.29 is 0 Å². The fourth-order valence-electron chi connectivity index (χ4n) is 1.54. The van der Waals surface area contributed by atoms with E-state index in [1.54, 1.807) is 6.20 Å². The Morgan fingerprint density at radius 3 is 3.23 bits per heavy atom. The lowest BCUT2D eigenvalue weighted by Crippen LogP contribution is -2.18. The third-order valence-corrected chi connectivity index (χ3v) is 2.35. The molecule has 1 aliphatic rings. The van der Waals surface area contributed by atoms with Crippen LogP contribution in [-0.2, 0) is 6.42 Å². The standard InChI is InChI=1S/C11H10N2/c1-11(8-12)5-4-10-9(7-11)3-2-6-13-10/h2-6H,7H2,1H3. The summed E-state index contributed by atoms with van der Waals surface area (Å²) in [5, 5.41) is 8.95. The summed E-state index contributed by atoms with van der Waals surface area (Å²) < 4.78 is 0. The minimum absolute atomic E-state index is 0.351. The third-order valence-electron chi connectivity index (χ3n) is 2.35. The van der Waals surface area contributed by atoms with E-state index >= 15 is 0 Å². The highest BCUT2D eigenvalue weighted by atomic mass is 14.7. The lowest BCUT2D eigenvalue weighted by Gasteiger charge is -2.21. The van der Waals surface area contributed by atoms with Gasteiger partial charge in [-0.15, -0.1) is 0 Å². The van der Waals surface area contributed by atoms with Gasteiger partial charge in [-0.05, 0) is 31.1 Å². The number of aromatic nitrogens is 1. The van der Waals surface area contributed by atoms with Crippen LogP contribution < -0.4 is 0 Å². The molecule has 13 heavy (non-hydrogen) atoms. The molecule has 0 saturated carbocycles. The molecule has 1 aromatic heterocycles. The van der Waals surface area contributed by atoms with Crippen molar-refractivity contribution in [3.63, 3.8) is 0 Å². The van der Waals surface area contributed by atoms with Gasteiger partial charge < -0.3 is 0 Å². The van der Waals surface area contributed by atoms with Gasteiger partial charge in [0.25, 0.3) is 0 Å². The van der Waals surface area contributed by atoms with E-state index in [4.69, 9.17) is 5.26 Å². The smallest absolute Gasteiger partial charge is 0.0770 e. The van der Waals surface area contributed by atoms with E-state index < -0.39 is 0 Å². The average molecular weight is 170 g/mol. The first-order valence-corrected chi connectivity index (χ1v) is 4.28. The van der Waals surface area contributed by atoms with Crippen LogP contribution in [0.1, 0.15) is 18.2 Å². The second-order valence-electron chi connectivity index (χ2n) is 3.59. The summed E-state index contributed by atoms with van der Waals surface area (Å²) in [4.78, 5) is 4.22. The number of pyridine rings is 1. The Kier molecular flexibility index (Phi) is 1.66. The van der Waals surface area contributed by atoms with Crippen molar-refractivity contribution in [1.82, 2.24) is 4.98 Å². The number of fused-ring (bicyclic) bond motifs is 1. The summed E-state index contributed by atoms with van der Waals surface area (Å²) in [6, 6.07) is 6.25. The summed E-state index contributed by atoms with van der Waals surface area (Å²) in [6.07, 6.45) is 6.41. The first kappa shape index (κ1) is 8.00. The predicted octanol–water partition coefficient (Wildman–Crippen LogP) is 2.18. The zero-order valence-electron chi connectivity index (χ0n) is 7.49. The molecule has 0 N–H and O–H groups in total. The van der Waals surface area contributed by atoms with Gasteiger partial charge in [-0.1, -0.05) is 12.1 Å². The molecule has 2 rings (SSSR count). The average Bonchev–Trinajstić information content (AvgIpc) is 2.18. The molecule has 1 unspecified atom stereocenters. The highest BCUT2D eigenvalue weighted by Gasteiger charge is 2.25. The molecule has 0 aromatic carbocycles.